The molecule has 2 aromatic rings. The highest BCUT2D eigenvalue weighted by Crippen LogP contribution is 2.51. The van der Waals surface area contributed by atoms with Crippen molar-refractivity contribution in [3.05, 3.63) is 71.5 Å². The molecule has 1 unspecified atom stereocenters. The van der Waals surface area contributed by atoms with E-state index in [9.17, 15) is 56.7 Å². The highest BCUT2D eigenvalue weighted by molar-refractivity contribution is 7.86. The second-order valence-corrected chi connectivity index (χ2v) is 21.0. The Morgan fingerprint density at radius 1 is 0.810 bits per heavy atom. The molecule has 2 heterocycles. The van der Waals surface area contributed by atoms with Gasteiger partial charge in [-0.1, -0.05) is 18.4 Å². The first-order valence-corrected chi connectivity index (χ1v) is 24.6. The van der Waals surface area contributed by atoms with Crippen molar-refractivity contribution in [3.63, 3.8) is 0 Å². The van der Waals surface area contributed by atoms with Gasteiger partial charge < -0.3 is 10.2 Å². The molecule has 58 heavy (non-hydrogen) atoms. The van der Waals surface area contributed by atoms with Crippen LogP contribution in [-0.2, 0) is 56.1 Å². The van der Waals surface area contributed by atoms with Crippen LogP contribution in [0.25, 0.3) is 0 Å². The van der Waals surface area contributed by atoms with Crippen molar-refractivity contribution in [1.29, 1.82) is 0 Å². The molecular weight excluding hydrogens is 835 g/mol. The lowest BCUT2D eigenvalue weighted by molar-refractivity contribution is -0.438. The van der Waals surface area contributed by atoms with Crippen molar-refractivity contribution in [2.24, 2.45) is 0 Å². The molecule has 0 saturated carbocycles. The van der Waals surface area contributed by atoms with Crippen LogP contribution in [0.4, 0.5) is 11.4 Å². The van der Waals surface area contributed by atoms with E-state index in [0.717, 1.165) is 5.71 Å². The van der Waals surface area contributed by atoms with Crippen molar-refractivity contribution in [2.45, 2.75) is 92.8 Å². The number of anilines is 1. The third-order valence-electron chi connectivity index (χ3n) is 10.5. The van der Waals surface area contributed by atoms with E-state index in [1.54, 1.807) is 30.0 Å². The van der Waals surface area contributed by atoms with Crippen LogP contribution in [0.5, 0.6) is 0 Å². The largest absolute Gasteiger partial charge is 0.345 e. The van der Waals surface area contributed by atoms with Gasteiger partial charge >= 0.3 is 0 Å². The number of benzene rings is 2. The molecule has 0 saturated heterocycles. The zero-order valence-corrected chi connectivity index (χ0v) is 35.7. The summed E-state index contributed by atoms with van der Waals surface area (Å²) in [5, 5.41) is 2.63. The minimum atomic E-state index is -4.66. The van der Waals surface area contributed by atoms with Gasteiger partial charge in [-0.15, -0.1) is 6.42 Å². The van der Waals surface area contributed by atoms with E-state index < -0.39 is 62.8 Å². The maximum atomic E-state index is 12.3. The quantitative estimate of drug-likeness (QED) is 0.0535. The predicted molar refractivity (Wildman–Crippen MR) is 219 cm³/mol. The third kappa shape index (κ3) is 11.6. The van der Waals surface area contributed by atoms with Gasteiger partial charge in [0.1, 0.15) is 6.54 Å². The minimum Gasteiger partial charge on any atom is -0.345 e. The lowest BCUT2D eigenvalue weighted by Gasteiger charge is -2.30. The van der Waals surface area contributed by atoms with Crippen molar-refractivity contribution < 1.29 is 61.3 Å². The number of amides is 1. The van der Waals surface area contributed by atoms with E-state index >= 15 is 0 Å². The van der Waals surface area contributed by atoms with Gasteiger partial charge in [-0.05, 0) is 94.8 Å². The van der Waals surface area contributed by atoms with Crippen molar-refractivity contribution in [1.82, 2.24) is 5.32 Å². The van der Waals surface area contributed by atoms with Crippen molar-refractivity contribution in [3.8, 4) is 12.3 Å². The van der Waals surface area contributed by atoms with Gasteiger partial charge in [0.25, 0.3) is 40.5 Å². The van der Waals surface area contributed by atoms with E-state index in [-0.39, 0.29) is 60.9 Å². The Balaban J connectivity index is 1.82. The maximum absolute atomic E-state index is 12.3. The van der Waals surface area contributed by atoms with Crippen LogP contribution in [0.1, 0.15) is 83.3 Å². The molecule has 0 spiro atoms. The SMILES string of the molecule is C#CCNC(=O)CCCCC[N+]1=C(/C=C/C=C2/N(CCCS(=O)(=O)O)c3ccc(S(=O)(=O)O)cc3C2(C)CCCCS(=O)(=O)O)C(C)(C)c2cc(S(=O)(=O)O)ccc21. The van der Waals surface area contributed by atoms with Crippen LogP contribution >= 0.6 is 0 Å². The minimum absolute atomic E-state index is 0.0344. The number of fused-ring (bicyclic) bond motifs is 2. The van der Waals surface area contributed by atoms with Gasteiger partial charge in [0.2, 0.25) is 11.6 Å². The molecule has 4 rings (SSSR count). The fraction of sp³-hybridized carbons (Fsp3) is 0.474. The molecule has 2 aliphatic rings. The maximum Gasteiger partial charge on any atom is 0.294 e. The number of hydrogen-bond acceptors (Lipinski definition) is 10. The number of hydrogen-bond donors (Lipinski definition) is 5. The molecular formula is C38H50N3O13S4+. The molecule has 1 amide bonds. The molecule has 2 aliphatic heterocycles. The summed E-state index contributed by atoms with van der Waals surface area (Å²) < 4.78 is 136. The lowest BCUT2D eigenvalue weighted by Crippen LogP contribution is -2.30. The molecule has 0 aromatic heterocycles. The summed E-state index contributed by atoms with van der Waals surface area (Å²) in [5.74, 6) is 1.11. The molecule has 5 N–H and O–H groups in total. The standard InChI is InChI=1S/C38H49N3O13S4/c1-5-21-39-36(42)15-7-6-9-22-40-32-18-16-28(57(49,50)51)26-30(32)37(2,3)34(40)13-11-14-35-38(4,20-8-10-24-55(43,44)45)31-27-29(58(52,53)54)17-19-33(31)41(35)23-12-25-56(46,47)48/h1,11,13-14,16-19,26-27H,6-10,12,15,20-25H2,2-4H3,(H4-,39,42,43,44,45,46,47,48,49,50,51,52,53,54)/p+1. The van der Waals surface area contributed by atoms with E-state index in [4.69, 9.17) is 6.42 Å². The Hall–Kier alpha value is -3.94. The highest BCUT2D eigenvalue weighted by Gasteiger charge is 2.46. The van der Waals surface area contributed by atoms with E-state index in [0.29, 0.717) is 54.0 Å². The van der Waals surface area contributed by atoms with Gasteiger partial charge in [-0.25, -0.2) is 0 Å². The molecule has 2 aromatic carbocycles. The topological polar surface area (TPSA) is 253 Å². The van der Waals surface area contributed by atoms with Crippen LogP contribution in [-0.4, -0.2) is 99.2 Å². The average Bonchev–Trinajstić information content (AvgIpc) is 3.46. The molecule has 0 radical (unpaired) electrons. The molecule has 1 atom stereocenters. The van der Waals surface area contributed by atoms with Gasteiger partial charge in [0.05, 0.1) is 33.3 Å². The fourth-order valence-electron chi connectivity index (χ4n) is 7.62. The Bertz CT molecular complexity index is 2500. The number of rotatable bonds is 20. The van der Waals surface area contributed by atoms with Crippen LogP contribution in [0, 0.1) is 12.3 Å². The first-order valence-electron chi connectivity index (χ1n) is 18.5. The van der Waals surface area contributed by atoms with E-state index in [1.165, 1.54) is 30.3 Å². The second-order valence-electron chi connectivity index (χ2n) is 15.0. The second kappa shape index (κ2) is 18.1. The van der Waals surface area contributed by atoms with Crippen LogP contribution < -0.4 is 10.2 Å². The fourth-order valence-corrected chi connectivity index (χ4v) is 9.70. The summed E-state index contributed by atoms with van der Waals surface area (Å²) in [6.07, 6.45) is 13.3. The molecule has 0 aliphatic carbocycles. The summed E-state index contributed by atoms with van der Waals surface area (Å²) in [6, 6.07) is 8.36. The number of nitrogens with one attached hydrogen (secondary N) is 1. The zero-order chi connectivity index (χ0) is 43.3. The van der Waals surface area contributed by atoms with Crippen molar-refractivity contribution >= 4 is 63.5 Å². The lowest BCUT2D eigenvalue weighted by atomic mass is 9.77. The number of unbranched alkanes of at least 4 members (excludes halogenated alkanes) is 3. The van der Waals surface area contributed by atoms with Crippen LogP contribution in [0.3, 0.4) is 0 Å². The Morgan fingerprint density at radius 3 is 2.02 bits per heavy atom. The number of carbonyl (C=O) groups is 1. The zero-order valence-electron chi connectivity index (χ0n) is 32.5. The number of nitrogens with zero attached hydrogens (tertiary/aromatic N) is 2. The third-order valence-corrected chi connectivity index (χ3v) is 13.8. The van der Waals surface area contributed by atoms with Crippen LogP contribution in [0.15, 0.2) is 70.1 Å². The number of carbonyl (C=O) groups excluding carboxylic acids is 1. The first-order chi connectivity index (χ1) is 26.8. The summed E-state index contributed by atoms with van der Waals surface area (Å²) in [6.45, 7) is 6.25. The normalized spacial score (nSPS) is 18.8. The molecule has 16 nitrogen and oxygen atoms in total. The van der Waals surface area contributed by atoms with Gasteiger partial charge in [-0.3, -0.25) is 23.0 Å². The van der Waals surface area contributed by atoms with Gasteiger partial charge in [0.15, 0.2) is 5.71 Å². The molecule has 0 bridgehead atoms. The van der Waals surface area contributed by atoms with E-state index in [2.05, 4.69) is 11.2 Å². The van der Waals surface area contributed by atoms with Gasteiger partial charge in [-0.2, -0.15) is 38.2 Å². The Kier molecular flexibility index (Phi) is 14.6. The van der Waals surface area contributed by atoms with Gasteiger partial charge in [0, 0.05) is 53.9 Å². The summed E-state index contributed by atoms with van der Waals surface area (Å²) in [5.41, 5.74) is 1.73. The number of terminal acetylenes is 1. The molecule has 0 fully saturated rings. The number of allylic oxidation sites excluding steroid dienone is 4. The Labute approximate surface area is 341 Å². The summed E-state index contributed by atoms with van der Waals surface area (Å²) in [4.78, 5) is 13.2. The summed E-state index contributed by atoms with van der Waals surface area (Å²) in [7, 11) is -17.8. The van der Waals surface area contributed by atoms with Crippen molar-refractivity contribution in [2.75, 3.05) is 36.0 Å². The highest BCUT2D eigenvalue weighted by atomic mass is 32.2. The van der Waals surface area contributed by atoms with E-state index in [1.807, 2.05) is 24.5 Å². The first kappa shape index (κ1) is 46.7. The smallest absolute Gasteiger partial charge is 0.294 e. The Morgan fingerprint density at radius 2 is 1.41 bits per heavy atom. The summed E-state index contributed by atoms with van der Waals surface area (Å²) >= 11 is 0. The predicted octanol–water partition coefficient (Wildman–Crippen LogP) is 4.42. The van der Waals surface area contributed by atoms with Crippen LogP contribution in [0.2, 0.25) is 0 Å². The monoisotopic (exact) mass is 884 g/mol. The molecule has 20 heteroatoms. The average molecular weight is 885 g/mol. The molecule has 318 valence electrons.